The zero-order chi connectivity index (χ0) is 19.0. The van der Waals surface area contributed by atoms with E-state index in [2.05, 4.69) is 15.5 Å². The number of benzene rings is 1. The van der Waals surface area contributed by atoms with Gasteiger partial charge in [0.05, 0.1) is 22.9 Å². The van der Waals surface area contributed by atoms with Gasteiger partial charge in [0.15, 0.2) is 16.7 Å². The van der Waals surface area contributed by atoms with Gasteiger partial charge in [0, 0.05) is 7.05 Å². The lowest BCUT2D eigenvalue weighted by Crippen LogP contribution is -2.45. The number of hydrogen-bond acceptors (Lipinski definition) is 6. The maximum absolute atomic E-state index is 13.0. The van der Waals surface area contributed by atoms with E-state index in [4.69, 9.17) is 4.42 Å². The molecule has 0 spiro atoms. The molecule has 138 valence electrons. The van der Waals surface area contributed by atoms with Crippen molar-refractivity contribution in [3.8, 4) is 11.6 Å². The Morgan fingerprint density at radius 1 is 1.26 bits per heavy atom. The Balaban J connectivity index is 1.55. The minimum absolute atomic E-state index is 0.00277. The second kappa shape index (κ2) is 6.92. The number of para-hydroxylation sites is 2. The van der Waals surface area contributed by atoms with Crippen molar-refractivity contribution in [1.82, 2.24) is 14.8 Å². The largest absolute Gasteiger partial charge is 0.461 e. The van der Waals surface area contributed by atoms with Gasteiger partial charge in [-0.1, -0.05) is 23.9 Å². The van der Waals surface area contributed by atoms with Crippen molar-refractivity contribution in [2.24, 2.45) is 7.05 Å². The number of carbonyl (C=O) groups is 2. The quantitative estimate of drug-likeness (QED) is 0.696. The average Bonchev–Trinajstić information content (AvgIpc) is 3.31. The first-order valence-electron chi connectivity index (χ1n) is 8.35. The molecule has 9 heteroatoms. The second-order valence-corrected chi connectivity index (χ2v) is 7.40. The summed E-state index contributed by atoms with van der Waals surface area (Å²) >= 11 is 1.29. The Labute approximate surface area is 159 Å². The molecule has 0 aliphatic carbocycles. The number of furan rings is 1. The summed E-state index contributed by atoms with van der Waals surface area (Å²) in [6.07, 6.45) is 1.57. The number of aromatic nitrogens is 3. The van der Waals surface area contributed by atoms with Crippen LogP contribution < -0.4 is 10.2 Å². The fourth-order valence-corrected chi connectivity index (χ4v) is 3.77. The van der Waals surface area contributed by atoms with Crippen molar-refractivity contribution in [1.29, 1.82) is 0 Å². The van der Waals surface area contributed by atoms with Crippen LogP contribution in [-0.2, 0) is 16.6 Å². The number of nitrogens with one attached hydrogen (secondary N) is 1. The first-order chi connectivity index (χ1) is 13.0. The van der Waals surface area contributed by atoms with Crippen LogP contribution in [0, 0.1) is 0 Å². The maximum Gasteiger partial charge on any atom is 0.244 e. The molecule has 27 heavy (non-hydrogen) atoms. The van der Waals surface area contributed by atoms with E-state index in [1.807, 2.05) is 25.2 Å². The predicted molar refractivity (Wildman–Crippen MR) is 101 cm³/mol. The van der Waals surface area contributed by atoms with E-state index in [1.165, 1.54) is 16.7 Å². The van der Waals surface area contributed by atoms with E-state index >= 15 is 0 Å². The molecular formula is C18H17N5O3S. The third-order valence-electron chi connectivity index (χ3n) is 4.24. The Morgan fingerprint density at radius 2 is 2.07 bits per heavy atom. The molecule has 0 bridgehead atoms. The molecule has 2 aromatic heterocycles. The summed E-state index contributed by atoms with van der Waals surface area (Å²) in [5.74, 6) is 0.824. The topological polar surface area (TPSA) is 93.3 Å². The molecule has 0 saturated carbocycles. The van der Waals surface area contributed by atoms with Crippen molar-refractivity contribution in [3.63, 3.8) is 0 Å². The van der Waals surface area contributed by atoms with Crippen LogP contribution >= 0.6 is 11.8 Å². The number of amides is 2. The lowest BCUT2D eigenvalue weighted by molar-refractivity contribution is -0.121. The Morgan fingerprint density at radius 3 is 2.85 bits per heavy atom. The van der Waals surface area contributed by atoms with Crippen LogP contribution in [-0.4, -0.2) is 38.4 Å². The summed E-state index contributed by atoms with van der Waals surface area (Å²) in [6.45, 7) is 1.79. The van der Waals surface area contributed by atoms with E-state index in [1.54, 1.807) is 36.0 Å². The predicted octanol–water partition coefficient (Wildman–Crippen LogP) is 2.54. The number of nitrogens with zero attached hydrogens (tertiary/aromatic N) is 4. The summed E-state index contributed by atoms with van der Waals surface area (Å²) < 4.78 is 7.14. The highest BCUT2D eigenvalue weighted by molar-refractivity contribution is 8.00. The van der Waals surface area contributed by atoms with Gasteiger partial charge in [0.2, 0.25) is 11.8 Å². The minimum Gasteiger partial charge on any atom is -0.461 e. The van der Waals surface area contributed by atoms with Gasteiger partial charge in [0.25, 0.3) is 0 Å². The molecule has 4 rings (SSSR count). The van der Waals surface area contributed by atoms with Crippen LogP contribution in [0.5, 0.6) is 0 Å². The van der Waals surface area contributed by atoms with Crippen LogP contribution in [0.15, 0.2) is 52.2 Å². The first-order valence-corrected chi connectivity index (χ1v) is 9.22. The molecule has 3 aromatic rings. The van der Waals surface area contributed by atoms with Crippen LogP contribution in [0.25, 0.3) is 11.6 Å². The van der Waals surface area contributed by atoms with E-state index in [0.29, 0.717) is 28.1 Å². The van der Waals surface area contributed by atoms with Crippen molar-refractivity contribution in [2.45, 2.75) is 17.3 Å². The standard InChI is InChI=1S/C18H17N5O3S/c1-11(27-18-21-20-16(22(18)2)14-8-5-9-26-14)17(25)23-10-15(24)19-12-6-3-4-7-13(12)23/h3-9,11H,10H2,1-2H3,(H,19,24)/t11-/m1/s1. The van der Waals surface area contributed by atoms with Gasteiger partial charge in [0.1, 0.15) is 6.54 Å². The lowest BCUT2D eigenvalue weighted by atomic mass is 10.2. The fourth-order valence-electron chi connectivity index (χ4n) is 2.90. The SMILES string of the molecule is C[C@@H](Sc1nnc(-c2ccco2)n1C)C(=O)N1CC(=O)Nc2ccccc21. The van der Waals surface area contributed by atoms with Crippen molar-refractivity contribution in [2.75, 3.05) is 16.8 Å². The highest BCUT2D eigenvalue weighted by Gasteiger charge is 2.31. The van der Waals surface area contributed by atoms with E-state index in [9.17, 15) is 9.59 Å². The normalized spacial score (nSPS) is 14.6. The van der Waals surface area contributed by atoms with Gasteiger partial charge < -0.3 is 14.3 Å². The van der Waals surface area contributed by atoms with Crippen LogP contribution in [0.1, 0.15) is 6.92 Å². The molecule has 0 saturated heterocycles. The summed E-state index contributed by atoms with van der Waals surface area (Å²) in [4.78, 5) is 26.5. The third kappa shape index (κ3) is 3.21. The van der Waals surface area contributed by atoms with Gasteiger partial charge in [-0.2, -0.15) is 0 Å². The number of fused-ring (bicyclic) bond motifs is 1. The highest BCUT2D eigenvalue weighted by Crippen LogP contribution is 2.32. The lowest BCUT2D eigenvalue weighted by Gasteiger charge is -2.30. The smallest absolute Gasteiger partial charge is 0.244 e. The van der Waals surface area contributed by atoms with Gasteiger partial charge in [-0.3, -0.25) is 14.5 Å². The number of rotatable bonds is 4. The highest BCUT2D eigenvalue weighted by atomic mass is 32.2. The molecule has 1 atom stereocenters. The molecule has 0 unspecified atom stereocenters. The molecule has 1 aromatic carbocycles. The van der Waals surface area contributed by atoms with Crippen LogP contribution in [0.2, 0.25) is 0 Å². The average molecular weight is 383 g/mol. The zero-order valence-corrected chi connectivity index (χ0v) is 15.6. The second-order valence-electron chi connectivity index (χ2n) is 6.09. The number of thioether (sulfide) groups is 1. The molecule has 3 heterocycles. The number of anilines is 2. The van der Waals surface area contributed by atoms with E-state index in [0.717, 1.165) is 0 Å². The van der Waals surface area contributed by atoms with Gasteiger partial charge in [-0.25, -0.2) is 0 Å². The number of carbonyl (C=O) groups excluding carboxylic acids is 2. The van der Waals surface area contributed by atoms with Crippen LogP contribution in [0.3, 0.4) is 0 Å². The Kier molecular flexibility index (Phi) is 4.44. The maximum atomic E-state index is 13.0. The van der Waals surface area contributed by atoms with Crippen LogP contribution in [0.4, 0.5) is 11.4 Å². The Bertz CT molecular complexity index is 998. The third-order valence-corrected chi connectivity index (χ3v) is 5.36. The molecule has 1 N–H and O–H groups in total. The van der Waals surface area contributed by atoms with Gasteiger partial charge in [-0.15, -0.1) is 10.2 Å². The van der Waals surface area contributed by atoms with E-state index < -0.39 is 5.25 Å². The van der Waals surface area contributed by atoms with E-state index in [-0.39, 0.29) is 18.4 Å². The Hall–Kier alpha value is -3.07. The zero-order valence-electron chi connectivity index (χ0n) is 14.7. The summed E-state index contributed by atoms with van der Waals surface area (Å²) in [5, 5.41) is 11.2. The number of hydrogen-bond donors (Lipinski definition) is 1. The summed E-state index contributed by atoms with van der Waals surface area (Å²) in [7, 11) is 1.82. The molecular weight excluding hydrogens is 366 g/mol. The first kappa shape index (κ1) is 17.3. The fraction of sp³-hybridized carbons (Fsp3) is 0.222. The van der Waals surface area contributed by atoms with Gasteiger partial charge >= 0.3 is 0 Å². The molecule has 2 amide bonds. The minimum atomic E-state index is -0.448. The molecule has 1 aliphatic heterocycles. The molecule has 1 aliphatic rings. The summed E-state index contributed by atoms with van der Waals surface area (Å²) in [6, 6.07) is 10.8. The van der Waals surface area contributed by atoms with Crippen molar-refractivity contribution >= 4 is 35.0 Å². The molecule has 8 nitrogen and oxygen atoms in total. The monoisotopic (exact) mass is 383 g/mol. The molecule has 0 radical (unpaired) electrons. The molecule has 0 fully saturated rings. The van der Waals surface area contributed by atoms with Gasteiger partial charge in [-0.05, 0) is 31.2 Å². The van der Waals surface area contributed by atoms with Crippen molar-refractivity contribution in [3.05, 3.63) is 42.7 Å². The summed E-state index contributed by atoms with van der Waals surface area (Å²) in [5.41, 5.74) is 1.34. The van der Waals surface area contributed by atoms with Crippen molar-refractivity contribution < 1.29 is 14.0 Å².